The van der Waals surface area contributed by atoms with Crippen LogP contribution >= 0.6 is 11.6 Å². The van der Waals surface area contributed by atoms with Gasteiger partial charge in [0.05, 0.1) is 24.3 Å². The third-order valence-corrected chi connectivity index (χ3v) is 4.66. The second-order valence-electron chi connectivity index (χ2n) is 5.62. The summed E-state index contributed by atoms with van der Waals surface area (Å²) in [7, 11) is -2.30. The van der Waals surface area contributed by atoms with Crippen molar-refractivity contribution >= 4 is 27.7 Å². The van der Waals surface area contributed by atoms with E-state index >= 15 is 0 Å². The summed E-state index contributed by atoms with van der Waals surface area (Å²) in [5.41, 5.74) is 0. The molecule has 0 bridgehead atoms. The molecule has 1 unspecified atom stereocenters. The fourth-order valence-corrected chi connectivity index (χ4v) is 3.53. The lowest BCUT2D eigenvalue weighted by molar-refractivity contribution is -0.147. The monoisotopic (exact) mass is 362 g/mol. The predicted molar refractivity (Wildman–Crippen MR) is 83.2 cm³/mol. The van der Waals surface area contributed by atoms with Crippen LogP contribution in [-0.4, -0.2) is 37.7 Å². The van der Waals surface area contributed by atoms with Gasteiger partial charge in [-0.3, -0.25) is 8.98 Å². The molecule has 0 aliphatic heterocycles. The van der Waals surface area contributed by atoms with E-state index in [1.807, 2.05) is 0 Å². The van der Waals surface area contributed by atoms with Gasteiger partial charge in [0.25, 0.3) is 10.1 Å². The summed E-state index contributed by atoms with van der Waals surface area (Å²) in [6, 6.07) is 0. The van der Waals surface area contributed by atoms with E-state index in [0.717, 1.165) is 6.26 Å². The minimum Gasteiger partial charge on any atom is -0.469 e. The molecule has 23 heavy (non-hydrogen) atoms. The molecule has 1 aliphatic rings. The standard InChI is InChI=1S/C14H19ClN2O5S/c1-21-14(18)10-5-3-9(4-6-10)12(22-23(2,19)20)13-16-7-11(15)8-17-13/h7-10,12H,3-6H2,1-2H3. The van der Waals surface area contributed by atoms with E-state index in [0.29, 0.717) is 30.7 Å². The van der Waals surface area contributed by atoms with Gasteiger partial charge in [-0.05, 0) is 31.6 Å². The first-order valence-electron chi connectivity index (χ1n) is 7.23. The molecule has 1 aromatic heterocycles. The molecule has 0 saturated heterocycles. The third-order valence-electron chi connectivity index (χ3n) is 3.91. The Hall–Kier alpha value is -1.25. The van der Waals surface area contributed by atoms with E-state index in [4.69, 9.17) is 20.5 Å². The Morgan fingerprint density at radius 2 is 1.83 bits per heavy atom. The van der Waals surface area contributed by atoms with Crippen LogP contribution in [0.5, 0.6) is 0 Å². The molecule has 0 N–H and O–H groups in total. The number of ether oxygens (including phenoxy) is 1. The minimum atomic E-state index is -3.67. The zero-order chi connectivity index (χ0) is 17.0. The topological polar surface area (TPSA) is 95.5 Å². The number of esters is 1. The smallest absolute Gasteiger partial charge is 0.308 e. The fraction of sp³-hybridized carbons (Fsp3) is 0.643. The zero-order valence-electron chi connectivity index (χ0n) is 12.9. The maximum atomic E-state index is 11.6. The quantitative estimate of drug-likeness (QED) is 0.584. The van der Waals surface area contributed by atoms with Crippen LogP contribution < -0.4 is 0 Å². The van der Waals surface area contributed by atoms with Crippen molar-refractivity contribution < 1.29 is 22.1 Å². The van der Waals surface area contributed by atoms with Crippen molar-refractivity contribution in [1.29, 1.82) is 0 Å². The van der Waals surface area contributed by atoms with Crippen LogP contribution in [0.25, 0.3) is 0 Å². The molecule has 2 rings (SSSR count). The number of rotatable bonds is 5. The van der Waals surface area contributed by atoms with Crippen molar-refractivity contribution in [1.82, 2.24) is 9.97 Å². The number of methoxy groups -OCH3 is 1. The van der Waals surface area contributed by atoms with Gasteiger partial charge in [0.15, 0.2) is 5.82 Å². The Morgan fingerprint density at radius 3 is 2.30 bits per heavy atom. The van der Waals surface area contributed by atoms with Crippen LogP contribution in [0.1, 0.15) is 37.6 Å². The fourth-order valence-electron chi connectivity index (χ4n) is 2.81. The van der Waals surface area contributed by atoms with E-state index in [1.54, 1.807) is 0 Å². The van der Waals surface area contributed by atoms with Gasteiger partial charge in [0.2, 0.25) is 0 Å². The lowest BCUT2D eigenvalue weighted by Gasteiger charge is -2.31. The molecule has 0 amide bonds. The SMILES string of the molecule is COC(=O)C1CCC(C(OS(C)(=O)=O)c2ncc(Cl)cn2)CC1. The highest BCUT2D eigenvalue weighted by Gasteiger charge is 2.35. The maximum absolute atomic E-state index is 11.6. The van der Waals surface area contributed by atoms with Crippen molar-refractivity contribution in [2.24, 2.45) is 11.8 Å². The van der Waals surface area contributed by atoms with Crippen LogP contribution in [-0.2, 0) is 23.8 Å². The summed E-state index contributed by atoms with van der Waals surface area (Å²) in [5, 5.41) is 0.362. The second-order valence-corrected chi connectivity index (χ2v) is 7.65. The van der Waals surface area contributed by atoms with Crippen molar-refractivity contribution in [3.05, 3.63) is 23.2 Å². The molecule has 0 aromatic carbocycles. The van der Waals surface area contributed by atoms with E-state index in [1.165, 1.54) is 19.5 Å². The molecule has 128 valence electrons. The second kappa shape index (κ2) is 7.55. The van der Waals surface area contributed by atoms with Crippen molar-refractivity contribution in [3.8, 4) is 0 Å². The average molecular weight is 363 g/mol. The molecule has 1 aliphatic carbocycles. The van der Waals surface area contributed by atoms with Gasteiger partial charge < -0.3 is 4.74 Å². The normalized spacial score (nSPS) is 23.3. The van der Waals surface area contributed by atoms with Gasteiger partial charge in [-0.2, -0.15) is 8.42 Å². The van der Waals surface area contributed by atoms with Gasteiger partial charge in [-0.1, -0.05) is 11.6 Å². The first kappa shape index (κ1) is 18.1. The van der Waals surface area contributed by atoms with Crippen LogP contribution in [0, 0.1) is 11.8 Å². The number of carbonyl (C=O) groups excluding carboxylic acids is 1. The van der Waals surface area contributed by atoms with Crippen LogP contribution in [0.3, 0.4) is 0 Å². The number of hydrogen-bond acceptors (Lipinski definition) is 7. The van der Waals surface area contributed by atoms with Crippen molar-refractivity contribution in [3.63, 3.8) is 0 Å². The van der Waals surface area contributed by atoms with E-state index in [9.17, 15) is 13.2 Å². The van der Waals surface area contributed by atoms with Crippen molar-refractivity contribution in [2.75, 3.05) is 13.4 Å². The van der Waals surface area contributed by atoms with E-state index in [2.05, 4.69) is 9.97 Å². The predicted octanol–water partition coefficient (Wildman–Crippen LogP) is 2.13. The van der Waals surface area contributed by atoms with Gasteiger partial charge in [0, 0.05) is 12.4 Å². The maximum Gasteiger partial charge on any atom is 0.308 e. The summed E-state index contributed by atoms with van der Waals surface area (Å²) in [6.45, 7) is 0. The van der Waals surface area contributed by atoms with E-state index in [-0.39, 0.29) is 23.6 Å². The Balaban J connectivity index is 2.15. The van der Waals surface area contributed by atoms with Gasteiger partial charge in [-0.25, -0.2) is 9.97 Å². The third kappa shape index (κ3) is 5.12. The van der Waals surface area contributed by atoms with Crippen molar-refractivity contribution in [2.45, 2.75) is 31.8 Å². The number of halogens is 1. The molecule has 0 spiro atoms. The molecule has 1 atom stereocenters. The zero-order valence-corrected chi connectivity index (χ0v) is 14.5. The van der Waals surface area contributed by atoms with Crippen LogP contribution in [0.2, 0.25) is 5.02 Å². The molecular formula is C14H19ClN2O5S. The first-order chi connectivity index (χ1) is 10.8. The largest absolute Gasteiger partial charge is 0.469 e. The molecule has 9 heteroatoms. The van der Waals surface area contributed by atoms with Gasteiger partial charge >= 0.3 is 5.97 Å². The Labute approximate surface area is 140 Å². The molecule has 0 radical (unpaired) electrons. The minimum absolute atomic E-state index is 0.0909. The molecule has 1 aromatic rings. The molecular weight excluding hydrogens is 344 g/mol. The summed E-state index contributed by atoms with van der Waals surface area (Å²) >= 11 is 5.77. The Kier molecular flexibility index (Phi) is 5.94. The number of aromatic nitrogens is 2. The molecule has 1 heterocycles. The van der Waals surface area contributed by atoms with Crippen LogP contribution in [0.4, 0.5) is 0 Å². The Morgan fingerprint density at radius 1 is 1.26 bits per heavy atom. The highest BCUT2D eigenvalue weighted by atomic mass is 35.5. The Bertz CT molecular complexity index is 642. The van der Waals surface area contributed by atoms with Gasteiger partial charge in [0.1, 0.15) is 6.10 Å². The number of carbonyl (C=O) groups is 1. The van der Waals surface area contributed by atoms with Crippen LogP contribution in [0.15, 0.2) is 12.4 Å². The molecule has 1 fully saturated rings. The summed E-state index contributed by atoms with van der Waals surface area (Å²) in [4.78, 5) is 19.8. The summed E-state index contributed by atoms with van der Waals surface area (Å²) < 4.78 is 33.1. The molecule has 1 saturated carbocycles. The van der Waals surface area contributed by atoms with E-state index < -0.39 is 16.2 Å². The lowest BCUT2D eigenvalue weighted by Crippen LogP contribution is -2.28. The highest BCUT2D eigenvalue weighted by molar-refractivity contribution is 7.86. The summed E-state index contributed by atoms with van der Waals surface area (Å²) in [6.07, 6.45) is 5.53. The van der Waals surface area contributed by atoms with Gasteiger partial charge in [-0.15, -0.1) is 0 Å². The number of hydrogen-bond donors (Lipinski definition) is 0. The molecule has 7 nitrogen and oxygen atoms in total. The first-order valence-corrected chi connectivity index (χ1v) is 9.43. The highest BCUT2D eigenvalue weighted by Crippen LogP contribution is 2.39. The number of nitrogens with zero attached hydrogens (tertiary/aromatic N) is 2. The summed E-state index contributed by atoms with van der Waals surface area (Å²) in [5.74, 6) is -0.193. The average Bonchev–Trinajstić information content (AvgIpc) is 2.52. The lowest BCUT2D eigenvalue weighted by atomic mass is 9.79.